The maximum Gasteiger partial charge on any atom is 0.151 e. The van der Waals surface area contributed by atoms with E-state index >= 15 is 0 Å². The maximum atomic E-state index is 9.99. The number of hydrogen-bond donors (Lipinski definition) is 2. The predicted molar refractivity (Wildman–Crippen MR) is 95.6 cm³/mol. The van der Waals surface area contributed by atoms with Crippen molar-refractivity contribution in [2.24, 2.45) is 5.10 Å². The summed E-state index contributed by atoms with van der Waals surface area (Å²) in [6, 6.07) is 6.92. The highest BCUT2D eigenvalue weighted by molar-refractivity contribution is 5.84. The van der Waals surface area contributed by atoms with Crippen LogP contribution in [0.2, 0.25) is 0 Å². The summed E-state index contributed by atoms with van der Waals surface area (Å²) in [4.78, 5) is 10.6. The molecule has 2 heterocycles. The number of morpholine rings is 1. The number of nitrogens with zero attached hydrogens (tertiary/aromatic N) is 4. The van der Waals surface area contributed by atoms with Gasteiger partial charge in [-0.3, -0.25) is 5.43 Å². The van der Waals surface area contributed by atoms with Gasteiger partial charge in [0.25, 0.3) is 0 Å². The third-order valence-corrected chi connectivity index (χ3v) is 3.68. The molecule has 0 atom stereocenters. The fraction of sp³-hybridized carbons (Fsp3) is 0.353. The second-order valence-corrected chi connectivity index (χ2v) is 5.38. The third-order valence-electron chi connectivity index (χ3n) is 3.68. The first kappa shape index (κ1) is 17.0. The summed E-state index contributed by atoms with van der Waals surface area (Å²) in [5, 5.41) is 14.1. The van der Waals surface area contributed by atoms with Gasteiger partial charge in [-0.15, -0.1) is 0 Å². The molecule has 1 aliphatic rings. The van der Waals surface area contributed by atoms with Crippen molar-refractivity contribution in [2.75, 3.05) is 43.2 Å². The average molecular weight is 343 g/mol. The summed E-state index contributed by atoms with van der Waals surface area (Å²) in [7, 11) is 0. The van der Waals surface area contributed by atoms with E-state index in [9.17, 15) is 5.11 Å². The maximum absolute atomic E-state index is 9.99. The number of phenolic OH excluding ortho intramolecular Hbond substituents is 1. The Kier molecular flexibility index (Phi) is 5.63. The van der Waals surface area contributed by atoms with Crippen molar-refractivity contribution in [3.05, 3.63) is 36.2 Å². The zero-order chi connectivity index (χ0) is 17.5. The SMILES string of the molecule is CCOc1ccc(/C=N\Nc2cc(N3CCOCC3)ncn2)c(O)c1. The van der Waals surface area contributed by atoms with Gasteiger partial charge in [0.15, 0.2) is 5.82 Å². The summed E-state index contributed by atoms with van der Waals surface area (Å²) < 4.78 is 10.7. The summed E-state index contributed by atoms with van der Waals surface area (Å²) >= 11 is 0. The van der Waals surface area contributed by atoms with Crippen LogP contribution in [0.25, 0.3) is 0 Å². The number of hydrazone groups is 1. The van der Waals surface area contributed by atoms with Gasteiger partial charge >= 0.3 is 0 Å². The minimum atomic E-state index is 0.105. The molecule has 8 nitrogen and oxygen atoms in total. The smallest absolute Gasteiger partial charge is 0.151 e. The van der Waals surface area contributed by atoms with Gasteiger partial charge in [-0.1, -0.05) is 0 Å². The number of aromatic nitrogens is 2. The molecule has 0 spiro atoms. The van der Waals surface area contributed by atoms with Crippen LogP contribution in [0.5, 0.6) is 11.5 Å². The van der Waals surface area contributed by atoms with Crippen LogP contribution in [0.3, 0.4) is 0 Å². The molecule has 1 saturated heterocycles. The number of anilines is 2. The molecule has 1 aliphatic heterocycles. The number of nitrogens with one attached hydrogen (secondary N) is 1. The van der Waals surface area contributed by atoms with E-state index in [0.717, 1.165) is 18.9 Å². The van der Waals surface area contributed by atoms with Gasteiger partial charge in [0, 0.05) is 30.8 Å². The van der Waals surface area contributed by atoms with Crippen LogP contribution in [-0.2, 0) is 4.74 Å². The van der Waals surface area contributed by atoms with Crippen LogP contribution in [0.4, 0.5) is 11.6 Å². The highest BCUT2D eigenvalue weighted by Gasteiger charge is 2.12. The Morgan fingerprint density at radius 2 is 2.16 bits per heavy atom. The lowest BCUT2D eigenvalue weighted by Crippen LogP contribution is -2.36. The first-order valence-corrected chi connectivity index (χ1v) is 8.16. The molecule has 25 heavy (non-hydrogen) atoms. The van der Waals surface area contributed by atoms with Crippen LogP contribution in [0, 0.1) is 0 Å². The molecule has 0 saturated carbocycles. The van der Waals surface area contributed by atoms with Gasteiger partial charge in [0.1, 0.15) is 23.6 Å². The van der Waals surface area contributed by atoms with E-state index in [2.05, 4.69) is 25.4 Å². The second-order valence-electron chi connectivity index (χ2n) is 5.38. The van der Waals surface area contributed by atoms with Crippen molar-refractivity contribution in [2.45, 2.75) is 6.92 Å². The van der Waals surface area contributed by atoms with E-state index < -0.39 is 0 Å². The zero-order valence-corrected chi connectivity index (χ0v) is 14.1. The average Bonchev–Trinajstić information content (AvgIpc) is 2.65. The number of ether oxygens (including phenoxy) is 2. The lowest BCUT2D eigenvalue weighted by atomic mass is 10.2. The third kappa shape index (κ3) is 4.57. The molecular weight excluding hydrogens is 322 g/mol. The fourth-order valence-electron chi connectivity index (χ4n) is 2.43. The van der Waals surface area contributed by atoms with Crippen LogP contribution >= 0.6 is 0 Å². The van der Waals surface area contributed by atoms with Crippen LogP contribution < -0.4 is 15.1 Å². The number of hydrogen-bond acceptors (Lipinski definition) is 8. The predicted octanol–water partition coefficient (Wildman–Crippen LogP) is 1.86. The summed E-state index contributed by atoms with van der Waals surface area (Å²) in [5.74, 6) is 2.14. The molecule has 2 N–H and O–H groups in total. The van der Waals surface area contributed by atoms with E-state index in [0.29, 0.717) is 37.0 Å². The highest BCUT2D eigenvalue weighted by Crippen LogP contribution is 2.22. The summed E-state index contributed by atoms with van der Waals surface area (Å²) in [6.07, 6.45) is 3.03. The Morgan fingerprint density at radius 1 is 1.32 bits per heavy atom. The zero-order valence-electron chi connectivity index (χ0n) is 14.1. The molecule has 1 aromatic heterocycles. The van der Waals surface area contributed by atoms with Gasteiger partial charge in [-0.05, 0) is 19.1 Å². The first-order valence-electron chi connectivity index (χ1n) is 8.16. The Hall–Kier alpha value is -2.87. The topological polar surface area (TPSA) is 92.1 Å². The molecule has 132 valence electrons. The van der Waals surface area contributed by atoms with Crippen LogP contribution in [0.15, 0.2) is 35.7 Å². The number of aromatic hydroxyl groups is 1. The largest absolute Gasteiger partial charge is 0.507 e. The van der Waals surface area contributed by atoms with Crippen molar-refractivity contribution >= 4 is 17.9 Å². The molecule has 0 aliphatic carbocycles. The Morgan fingerprint density at radius 3 is 2.92 bits per heavy atom. The molecule has 2 aromatic rings. The van der Waals surface area contributed by atoms with Crippen molar-refractivity contribution < 1.29 is 14.6 Å². The highest BCUT2D eigenvalue weighted by atomic mass is 16.5. The Labute approximate surface area is 146 Å². The molecule has 8 heteroatoms. The van der Waals surface area contributed by atoms with Gasteiger partial charge in [0.2, 0.25) is 0 Å². The fourth-order valence-corrected chi connectivity index (χ4v) is 2.43. The van der Waals surface area contributed by atoms with E-state index in [1.807, 2.05) is 13.0 Å². The van der Waals surface area contributed by atoms with E-state index in [4.69, 9.17) is 9.47 Å². The number of benzene rings is 1. The molecule has 0 amide bonds. The summed E-state index contributed by atoms with van der Waals surface area (Å²) in [6.45, 7) is 5.44. The molecule has 0 bridgehead atoms. The lowest BCUT2D eigenvalue weighted by molar-refractivity contribution is 0.122. The van der Waals surface area contributed by atoms with Crippen LogP contribution in [-0.4, -0.2) is 54.2 Å². The Bertz CT molecular complexity index is 732. The van der Waals surface area contributed by atoms with Crippen LogP contribution in [0.1, 0.15) is 12.5 Å². The molecular formula is C17H21N5O3. The first-order chi connectivity index (χ1) is 12.3. The van der Waals surface area contributed by atoms with Crippen molar-refractivity contribution in [3.63, 3.8) is 0 Å². The molecule has 1 aromatic carbocycles. The van der Waals surface area contributed by atoms with Gasteiger partial charge in [0.05, 0.1) is 26.0 Å². The van der Waals surface area contributed by atoms with E-state index in [1.165, 1.54) is 12.5 Å². The monoisotopic (exact) mass is 343 g/mol. The quantitative estimate of drug-likeness (QED) is 0.611. The minimum absolute atomic E-state index is 0.105. The Balaban J connectivity index is 1.64. The minimum Gasteiger partial charge on any atom is -0.507 e. The molecule has 3 rings (SSSR count). The van der Waals surface area contributed by atoms with Gasteiger partial charge < -0.3 is 19.5 Å². The normalized spacial score (nSPS) is 14.7. The van der Waals surface area contributed by atoms with E-state index in [1.54, 1.807) is 18.2 Å². The molecule has 0 radical (unpaired) electrons. The number of phenols is 1. The second kappa shape index (κ2) is 8.29. The van der Waals surface area contributed by atoms with E-state index in [-0.39, 0.29) is 5.75 Å². The van der Waals surface area contributed by atoms with Crippen molar-refractivity contribution in [1.82, 2.24) is 9.97 Å². The molecule has 1 fully saturated rings. The summed E-state index contributed by atoms with van der Waals surface area (Å²) in [5.41, 5.74) is 3.44. The van der Waals surface area contributed by atoms with Gasteiger partial charge in [-0.2, -0.15) is 5.10 Å². The van der Waals surface area contributed by atoms with Gasteiger partial charge in [-0.25, -0.2) is 9.97 Å². The lowest BCUT2D eigenvalue weighted by Gasteiger charge is -2.27. The standard InChI is InChI=1S/C17H21N5O3/c1-2-25-14-4-3-13(15(23)9-14)11-20-21-16-10-17(19-12-18-16)22-5-7-24-8-6-22/h3-4,9-12,23H,2,5-8H2,1H3,(H,18,19,21)/b20-11-. The molecule has 0 unspecified atom stereocenters. The van der Waals surface area contributed by atoms with Crippen molar-refractivity contribution in [1.29, 1.82) is 0 Å². The van der Waals surface area contributed by atoms with Crippen molar-refractivity contribution in [3.8, 4) is 11.5 Å². The number of rotatable bonds is 6.